The molecule has 0 aliphatic heterocycles. The number of aryl methyl sites for hydroxylation is 2. The number of hydrogen-bond donors (Lipinski definition) is 1. The molecular formula is C16H20N2O3. The van der Waals surface area contributed by atoms with E-state index < -0.39 is 5.97 Å². The van der Waals surface area contributed by atoms with Crippen molar-refractivity contribution >= 4 is 5.97 Å². The summed E-state index contributed by atoms with van der Waals surface area (Å²) in [5.74, 6) is 0.542. The molecule has 2 heterocycles. The molecule has 2 aromatic heterocycles. The van der Waals surface area contributed by atoms with Crippen molar-refractivity contribution in [3.63, 3.8) is 0 Å². The van der Waals surface area contributed by atoms with Gasteiger partial charge in [-0.3, -0.25) is 4.68 Å². The smallest absolute Gasteiger partial charge is 0.339 e. The maximum absolute atomic E-state index is 11.5. The van der Waals surface area contributed by atoms with Gasteiger partial charge >= 0.3 is 5.97 Å². The molecule has 0 saturated heterocycles. The monoisotopic (exact) mass is 288 g/mol. The molecule has 0 radical (unpaired) electrons. The van der Waals surface area contributed by atoms with Gasteiger partial charge in [0.05, 0.1) is 6.04 Å². The van der Waals surface area contributed by atoms with Crippen molar-refractivity contribution in [2.75, 3.05) is 0 Å². The van der Waals surface area contributed by atoms with Crippen LogP contribution in [0, 0.1) is 13.8 Å². The lowest BCUT2D eigenvalue weighted by Crippen LogP contribution is -2.13. The molecule has 0 unspecified atom stereocenters. The summed E-state index contributed by atoms with van der Waals surface area (Å²) >= 11 is 0. The van der Waals surface area contributed by atoms with E-state index in [2.05, 4.69) is 5.10 Å². The summed E-state index contributed by atoms with van der Waals surface area (Å²) in [4.78, 5) is 11.5. The van der Waals surface area contributed by atoms with Crippen LogP contribution >= 0.6 is 0 Å². The molecule has 5 heteroatoms. The standard InChI is InChI=1S/C16H20N2O3/c1-10-8-13(11(2)21-10)15-14(16(19)20)9-18(17-15)12-6-4-3-5-7-12/h8-9,12H,3-7H2,1-2H3,(H,19,20). The molecule has 0 spiro atoms. The first-order chi connectivity index (χ1) is 10.1. The van der Waals surface area contributed by atoms with E-state index in [0.717, 1.165) is 24.2 Å². The molecule has 0 bridgehead atoms. The zero-order chi connectivity index (χ0) is 15.0. The van der Waals surface area contributed by atoms with Gasteiger partial charge in [-0.2, -0.15) is 5.10 Å². The molecule has 3 rings (SSSR count). The maximum atomic E-state index is 11.5. The Labute approximate surface area is 123 Å². The fourth-order valence-electron chi connectivity index (χ4n) is 3.15. The zero-order valence-corrected chi connectivity index (χ0v) is 12.4. The second kappa shape index (κ2) is 5.39. The Bertz CT molecular complexity index is 663. The minimum Gasteiger partial charge on any atom is -0.478 e. The second-order valence-electron chi connectivity index (χ2n) is 5.80. The first kappa shape index (κ1) is 13.9. The Morgan fingerprint density at radius 2 is 2.05 bits per heavy atom. The molecule has 1 N–H and O–H groups in total. The van der Waals surface area contributed by atoms with Gasteiger partial charge in [-0.1, -0.05) is 19.3 Å². The van der Waals surface area contributed by atoms with Crippen LogP contribution in [0.15, 0.2) is 16.7 Å². The third kappa shape index (κ3) is 2.60. The fraction of sp³-hybridized carbons (Fsp3) is 0.500. The molecule has 112 valence electrons. The minimum absolute atomic E-state index is 0.254. The first-order valence-corrected chi connectivity index (χ1v) is 7.46. The summed E-state index contributed by atoms with van der Waals surface area (Å²) < 4.78 is 7.36. The predicted octanol–water partition coefficient (Wildman–Crippen LogP) is 3.96. The van der Waals surface area contributed by atoms with Crippen LogP contribution in [0.3, 0.4) is 0 Å². The van der Waals surface area contributed by atoms with Gasteiger partial charge in [0.15, 0.2) is 0 Å². The van der Waals surface area contributed by atoms with E-state index in [1.807, 2.05) is 24.6 Å². The van der Waals surface area contributed by atoms with Crippen molar-refractivity contribution in [1.29, 1.82) is 0 Å². The quantitative estimate of drug-likeness (QED) is 0.928. The van der Waals surface area contributed by atoms with Gasteiger partial charge in [0.2, 0.25) is 0 Å². The first-order valence-electron chi connectivity index (χ1n) is 7.46. The number of hydrogen-bond acceptors (Lipinski definition) is 3. The number of carboxylic acid groups (broad SMARTS) is 1. The molecule has 0 amide bonds. The average molecular weight is 288 g/mol. The summed E-state index contributed by atoms with van der Waals surface area (Å²) in [6.07, 6.45) is 7.46. The maximum Gasteiger partial charge on any atom is 0.339 e. The van der Waals surface area contributed by atoms with E-state index in [1.54, 1.807) is 6.20 Å². The van der Waals surface area contributed by atoms with Crippen LogP contribution in [0.2, 0.25) is 0 Å². The lowest BCUT2D eigenvalue weighted by atomic mass is 9.96. The highest BCUT2D eigenvalue weighted by Gasteiger charge is 2.24. The summed E-state index contributed by atoms with van der Waals surface area (Å²) in [6, 6.07) is 2.17. The van der Waals surface area contributed by atoms with Crippen LogP contribution in [0.25, 0.3) is 11.3 Å². The van der Waals surface area contributed by atoms with E-state index in [1.165, 1.54) is 19.3 Å². The van der Waals surface area contributed by atoms with Gasteiger partial charge in [-0.05, 0) is 32.8 Å². The summed E-state index contributed by atoms with van der Waals surface area (Å²) in [5.41, 5.74) is 1.55. The van der Waals surface area contributed by atoms with E-state index in [-0.39, 0.29) is 5.56 Å². The van der Waals surface area contributed by atoms with Crippen LogP contribution < -0.4 is 0 Å². The van der Waals surface area contributed by atoms with Crippen LogP contribution in [-0.2, 0) is 0 Å². The van der Waals surface area contributed by atoms with Crippen LogP contribution in [-0.4, -0.2) is 20.9 Å². The highest BCUT2D eigenvalue weighted by atomic mass is 16.4. The van der Waals surface area contributed by atoms with Gasteiger partial charge in [-0.25, -0.2) is 4.79 Å². The molecular weight excluding hydrogens is 268 g/mol. The van der Waals surface area contributed by atoms with Crippen LogP contribution in [0.5, 0.6) is 0 Å². The number of aromatic nitrogens is 2. The fourth-order valence-corrected chi connectivity index (χ4v) is 3.15. The molecule has 1 aliphatic rings. The van der Waals surface area contributed by atoms with Gasteiger partial charge in [0.25, 0.3) is 0 Å². The van der Waals surface area contributed by atoms with Crippen molar-refractivity contribution in [3.8, 4) is 11.3 Å². The van der Waals surface area contributed by atoms with Gasteiger partial charge < -0.3 is 9.52 Å². The lowest BCUT2D eigenvalue weighted by Gasteiger charge is -2.21. The SMILES string of the molecule is Cc1cc(-c2nn(C3CCCCC3)cc2C(=O)O)c(C)o1. The Kier molecular flexibility index (Phi) is 3.57. The number of nitrogens with zero attached hydrogens (tertiary/aromatic N) is 2. The third-order valence-corrected chi connectivity index (χ3v) is 4.21. The normalized spacial score (nSPS) is 16.3. The van der Waals surface area contributed by atoms with Gasteiger partial charge in [0.1, 0.15) is 22.8 Å². The number of carbonyl (C=O) groups is 1. The summed E-state index contributed by atoms with van der Waals surface area (Å²) in [5, 5.41) is 14.0. The third-order valence-electron chi connectivity index (χ3n) is 4.21. The molecule has 1 aliphatic carbocycles. The molecule has 5 nitrogen and oxygen atoms in total. The van der Waals surface area contributed by atoms with E-state index in [0.29, 0.717) is 17.5 Å². The number of furan rings is 1. The summed E-state index contributed by atoms with van der Waals surface area (Å²) in [6.45, 7) is 3.70. The van der Waals surface area contributed by atoms with E-state index >= 15 is 0 Å². The molecule has 21 heavy (non-hydrogen) atoms. The van der Waals surface area contributed by atoms with Crippen molar-refractivity contribution < 1.29 is 14.3 Å². The predicted molar refractivity (Wildman–Crippen MR) is 78.5 cm³/mol. The van der Waals surface area contributed by atoms with Crippen molar-refractivity contribution in [1.82, 2.24) is 9.78 Å². The number of carboxylic acids is 1. The Morgan fingerprint density at radius 1 is 1.33 bits per heavy atom. The van der Waals surface area contributed by atoms with Crippen molar-refractivity contribution in [2.45, 2.75) is 52.0 Å². The zero-order valence-electron chi connectivity index (χ0n) is 12.4. The van der Waals surface area contributed by atoms with Crippen LogP contribution in [0.1, 0.15) is 60.0 Å². The minimum atomic E-state index is -0.940. The van der Waals surface area contributed by atoms with Crippen LogP contribution in [0.4, 0.5) is 0 Å². The average Bonchev–Trinajstić information content (AvgIpc) is 3.03. The van der Waals surface area contributed by atoms with Crippen molar-refractivity contribution in [2.24, 2.45) is 0 Å². The summed E-state index contributed by atoms with van der Waals surface area (Å²) in [7, 11) is 0. The van der Waals surface area contributed by atoms with Gasteiger partial charge in [0, 0.05) is 11.8 Å². The van der Waals surface area contributed by atoms with E-state index in [4.69, 9.17) is 4.42 Å². The number of aromatic carboxylic acids is 1. The molecule has 0 atom stereocenters. The Balaban J connectivity index is 2.04. The molecule has 2 aromatic rings. The second-order valence-corrected chi connectivity index (χ2v) is 5.80. The molecule has 1 fully saturated rings. The van der Waals surface area contributed by atoms with E-state index in [9.17, 15) is 9.90 Å². The van der Waals surface area contributed by atoms with Gasteiger partial charge in [-0.15, -0.1) is 0 Å². The highest BCUT2D eigenvalue weighted by molar-refractivity contribution is 5.94. The number of rotatable bonds is 3. The highest BCUT2D eigenvalue weighted by Crippen LogP contribution is 2.32. The molecule has 1 saturated carbocycles. The lowest BCUT2D eigenvalue weighted by molar-refractivity contribution is 0.0697. The topological polar surface area (TPSA) is 68.3 Å². The van der Waals surface area contributed by atoms with Crippen molar-refractivity contribution in [3.05, 3.63) is 29.3 Å². The Hall–Kier alpha value is -2.04. The largest absolute Gasteiger partial charge is 0.478 e. The molecule has 0 aromatic carbocycles. The Morgan fingerprint density at radius 3 is 2.62 bits per heavy atom.